The van der Waals surface area contributed by atoms with Gasteiger partial charge >= 0.3 is 5.97 Å². The Morgan fingerprint density at radius 1 is 1.07 bits per heavy atom. The largest absolute Gasteiger partial charge is 0.461 e. The number of nitrogens with zero attached hydrogens (tertiary/aromatic N) is 1. The molecule has 0 spiro atoms. The molecule has 156 valence electrons. The van der Waals surface area contributed by atoms with Gasteiger partial charge in [-0.05, 0) is 48.9 Å². The first-order valence-electron chi connectivity index (χ1n) is 10.5. The van der Waals surface area contributed by atoms with E-state index >= 15 is 0 Å². The molecule has 1 saturated heterocycles. The fourth-order valence-electron chi connectivity index (χ4n) is 6.15. The summed E-state index contributed by atoms with van der Waals surface area (Å²) < 4.78 is 5.82. The van der Waals surface area contributed by atoms with Crippen molar-refractivity contribution in [3.8, 4) is 0 Å². The summed E-state index contributed by atoms with van der Waals surface area (Å²) in [7, 11) is 0. The molecular weight excluding hydrogens is 490 g/mol. The van der Waals surface area contributed by atoms with E-state index in [9.17, 15) is 14.4 Å². The minimum absolute atomic E-state index is 0.112. The molecule has 0 aromatic heterocycles. The minimum Gasteiger partial charge on any atom is -0.461 e. The van der Waals surface area contributed by atoms with Crippen LogP contribution in [0.4, 0.5) is 0 Å². The second-order valence-corrected chi connectivity index (χ2v) is 11.7. The van der Waals surface area contributed by atoms with Gasteiger partial charge < -0.3 is 4.74 Å². The molecule has 4 fully saturated rings. The number of ether oxygens (including phenoxy) is 1. The molecule has 4 rings (SSSR count). The van der Waals surface area contributed by atoms with E-state index in [0.29, 0.717) is 17.8 Å². The standard InChI is InChI=1S/C21H29Br2NO4/c1-9(2)11-5-4-10(3)6-14(11)28-15(25)8-24-20(26)16-12-7-13(17(16)21(24)27)19(23)18(12)22/h9-14,16-19H,4-8H2,1-3H3/t10-,11+,12-,13+,14-,16+,17-,18-,19+/m1/s1. The molecule has 28 heavy (non-hydrogen) atoms. The van der Waals surface area contributed by atoms with Crippen molar-refractivity contribution in [2.75, 3.05) is 6.54 Å². The van der Waals surface area contributed by atoms with Crippen LogP contribution in [0.3, 0.4) is 0 Å². The van der Waals surface area contributed by atoms with E-state index in [1.165, 1.54) is 4.90 Å². The first kappa shape index (κ1) is 20.8. The van der Waals surface area contributed by atoms with Gasteiger partial charge in [0.2, 0.25) is 11.8 Å². The molecule has 5 nitrogen and oxygen atoms in total. The number of imide groups is 1. The minimum atomic E-state index is -0.440. The summed E-state index contributed by atoms with van der Waals surface area (Å²) in [6.07, 6.45) is 3.87. The quantitative estimate of drug-likeness (QED) is 0.323. The van der Waals surface area contributed by atoms with E-state index < -0.39 is 5.97 Å². The summed E-state index contributed by atoms with van der Waals surface area (Å²) in [5.74, 6) is 0.312. The van der Waals surface area contributed by atoms with Crippen molar-refractivity contribution in [1.29, 1.82) is 0 Å². The number of rotatable bonds is 4. The van der Waals surface area contributed by atoms with Crippen LogP contribution in [-0.4, -0.2) is 45.0 Å². The molecule has 1 aliphatic heterocycles. The molecule has 0 N–H and O–H groups in total. The smallest absolute Gasteiger partial charge is 0.326 e. The number of carbonyl (C=O) groups is 3. The predicted molar refractivity (Wildman–Crippen MR) is 112 cm³/mol. The zero-order valence-electron chi connectivity index (χ0n) is 16.6. The van der Waals surface area contributed by atoms with Gasteiger partial charge in [0.1, 0.15) is 12.6 Å². The van der Waals surface area contributed by atoms with Crippen LogP contribution < -0.4 is 0 Å². The number of fused-ring (bicyclic) bond motifs is 5. The predicted octanol–water partition coefficient (Wildman–Crippen LogP) is 3.77. The second kappa shape index (κ2) is 7.68. The van der Waals surface area contributed by atoms with E-state index in [1.54, 1.807) is 0 Å². The van der Waals surface area contributed by atoms with Gasteiger partial charge in [0.25, 0.3) is 0 Å². The Balaban J connectivity index is 1.43. The van der Waals surface area contributed by atoms with E-state index in [4.69, 9.17) is 4.74 Å². The Kier molecular flexibility index (Phi) is 5.71. The molecule has 9 atom stereocenters. The van der Waals surface area contributed by atoms with Crippen molar-refractivity contribution >= 4 is 49.6 Å². The fraction of sp³-hybridized carbons (Fsp3) is 0.857. The zero-order valence-corrected chi connectivity index (χ0v) is 19.8. The van der Waals surface area contributed by atoms with E-state index in [0.717, 1.165) is 25.7 Å². The summed E-state index contributed by atoms with van der Waals surface area (Å²) in [6, 6.07) is 0. The Labute approximate surface area is 183 Å². The van der Waals surface area contributed by atoms with E-state index in [-0.39, 0.29) is 57.8 Å². The van der Waals surface area contributed by atoms with E-state index in [1.807, 2.05) is 0 Å². The van der Waals surface area contributed by atoms with Crippen LogP contribution in [0.2, 0.25) is 0 Å². The second-order valence-electron chi connectivity index (χ2n) is 9.62. The third-order valence-electron chi connectivity index (χ3n) is 7.61. The SMILES string of the molecule is CC(C)[C@@H]1CC[C@@H](C)C[C@H]1OC(=O)CN1C(=O)[C@@H]2[C@@H]3C[C@@H]([C@@H](Br)[C@H]3Br)[C@@H]2C1=O. The summed E-state index contributed by atoms with van der Waals surface area (Å²) in [5.41, 5.74) is 0. The molecule has 0 aromatic carbocycles. The summed E-state index contributed by atoms with van der Waals surface area (Å²) >= 11 is 7.37. The lowest BCUT2D eigenvalue weighted by molar-refractivity contribution is -0.162. The molecule has 1 heterocycles. The maximum absolute atomic E-state index is 13.0. The van der Waals surface area contributed by atoms with Crippen LogP contribution in [0, 0.1) is 41.4 Å². The third kappa shape index (κ3) is 3.28. The van der Waals surface area contributed by atoms with E-state index in [2.05, 4.69) is 52.6 Å². The van der Waals surface area contributed by atoms with Crippen LogP contribution in [0.25, 0.3) is 0 Å². The molecule has 0 radical (unpaired) electrons. The third-order valence-corrected chi connectivity index (χ3v) is 10.8. The van der Waals surface area contributed by atoms with Crippen LogP contribution in [0.5, 0.6) is 0 Å². The number of hydrogen-bond donors (Lipinski definition) is 0. The number of amides is 2. The zero-order chi connectivity index (χ0) is 20.3. The lowest BCUT2D eigenvalue weighted by Gasteiger charge is -2.36. The molecular formula is C21H29Br2NO4. The van der Waals surface area contributed by atoms with Gasteiger partial charge in [-0.2, -0.15) is 0 Å². The summed E-state index contributed by atoms with van der Waals surface area (Å²) in [6.45, 7) is 6.29. The lowest BCUT2D eigenvalue weighted by atomic mass is 9.75. The number of hydrogen-bond acceptors (Lipinski definition) is 4. The Morgan fingerprint density at radius 2 is 1.64 bits per heavy atom. The maximum Gasteiger partial charge on any atom is 0.326 e. The maximum atomic E-state index is 13.0. The summed E-state index contributed by atoms with van der Waals surface area (Å²) in [5, 5.41) is 0. The number of alkyl halides is 2. The van der Waals surface area contributed by atoms with Gasteiger partial charge in [0.15, 0.2) is 0 Å². The van der Waals surface area contributed by atoms with Crippen LogP contribution in [-0.2, 0) is 19.1 Å². The van der Waals surface area contributed by atoms with Crippen molar-refractivity contribution < 1.29 is 19.1 Å². The van der Waals surface area contributed by atoms with Gasteiger partial charge in [-0.15, -0.1) is 0 Å². The molecule has 4 aliphatic rings. The molecule has 7 heteroatoms. The first-order valence-corrected chi connectivity index (χ1v) is 12.4. The fourth-order valence-corrected chi connectivity index (χ4v) is 8.03. The van der Waals surface area contributed by atoms with Gasteiger partial charge in [-0.3, -0.25) is 19.3 Å². The van der Waals surface area contributed by atoms with Gasteiger partial charge in [0.05, 0.1) is 11.8 Å². The Morgan fingerprint density at radius 3 is 2.18 bits per heavy atom. The molecule has 2 amide bonds. The van der Waals surface area contributed by atoms with Crippen molar-refractivity contribution in [2.45, 2.75) is 62.2 Å². The average Bonchev–Trinajstić information content (AvgIpc) is 3.22. The van der Waals surface area contributed by atoms with Crippen LogP contribution in [0.1, 0.15) is 46.5 Å². The van der Waals surface area contributed by atoms with Gasteiger partial charge in [-0.1, -0.05) is 59.1 Å². The van der Waals surface area contributed by atoms with Gasteiger partial charge in [-0.25, -0.2) is 0 Å². The molecule has 2 bridgehead atoms. The average molecular weight is 519 g/mol. The molecule has 0 unspecified atom stereocenters. The van der Waals surface area contributed by atoms with Crippen molar-refractivity contribution in [1.82, 2.24) is 4.90 Å². The molecule has 0 aromatic rings. The Hall–Kier alpha value is -0.430. The first-order chi connectivity index (χ1) is 13.2. The van der Waals surface area contributed by atoms with Crippen LogP contribution >= 0.6 is 31.9 Å². The highest BCUT2D eigenvalue weighted by Gasteiger charge is 2.66. The Bertz CT molecular complexity index is 651. The highest BCUT2D eigenvalue weighted by Crippen LogP contribution is 2.60. The number of halogens is 2. The topological polar surface area (TPSA) is 63.7 Å². The normalized spacial score (nSPS) is 45.1. The summed E-state index contributed by atoms with van der Waals surface area (Å²) in [4.78, 5) is 40.2. The molecule has 3 aliphatic carbocycles. The number of likely N-dealkylation sites (tertiary alicyclic amines) is 1. The molecule has 3 saturated carbocycles. The monoisotopic (exact) mass is 517 g/mol. The van der Waals surface area contributed by atoms with Gasteiger partial charge in [0, 0.05) is 9.65 Å². The lowest BCUT2D eigenvalue weighted by Crippen LogP contribution is -2.41. The highest BCUT2D eigenvalue weighted by atomic mass is 79.9. The van der Waals surface area contributed by atoms with Crippen LogP contribution in [0.15, 0.2) is 0 Å². The van der Waals surface area contributed by atoms with Crippen molar-refractivity contribution in [3.05, 3.63) is 0 Å². The highest BCUT2D eigenvalue weighted by molar-refractivity contribution is 9.12. The number of esters is 1. The van der Waals surface area contributed by atoms with Crippen molar-refractivity contribution in [2.24, 2.45) is 41.4 Å². The number of carbonyl (C=O) groups excluding carboxylic acids is 3. The van der Waals surface area contributed by atoms with Crippen molar-refractivity contribution in [3.63, 3.8) is 0 Å².